The van der Waals surface area contributed by atoms with E-state index < -0.39 is 0 Å². The SMILES string of the molecule is CCCC1CC1NC(=O)NC(C)CCCO. The van der Waals surface area contributed by atoms with Crippen LogP contribution in [0.3, 0.4) is 0 Å². The number of aliphatic hydroxyl groups is 1. The molecule has 1 fully saturated rings. The number of rotatable bonds is 7. The van der Waals surface area contributed by atoms with E-state index in [-0.39, 0.29) is 18.7 Å². The van der Waals surface area contributed by atoms with Gasteiger partial charge in [-0.3, -0.25) is 0 Å². The van der Waals surface area contributed by atoms with Crippen molar-refractivity contribution in [2.75, 3.05) is 6.61 Å². The van der Waals surface area contributed by atoms with Crippen LogP contribution in [0.15, 0.2) is 0 Å². The Kier molecular flexibility index (Phi) is 5.60. The second-order valence-electron chi connectivity index (χ2n) is 4.78. The quantitative estimate of drug-likeness (QED) is 0.620. The van der Waals surface area contributed by atoms with Gasteiger partial charge in [-0.25, -0.2) is 4.79 Å². The number of carbonyl (C=O) groups excluding carboxylic acids is 1. The predicted octanol–water partition coefficient (Wildman–Crippen LogP) is 1.64. The van der Waals surface area contributed by atoms with Gasteiger partial charge < -0.3 is 15.7 Å². The second kappa shape index (κ2) is 6.74. The number of nitrogens with one attached hydrogen (secondary N) is 2. The first kappa shape index (κ1) is 13.3. The minimum atomic E-state index is -0.0611. The van der Waals surface area contributed by atoms with Gasteiger partial charge in [-0.15, -0.1) is 0 Å². The number of aliphatic hydroxyl groups excluding tert-OH is 1. The maximum absolute atomic E-state index is 11.5. The van der Waals surface area contributed by atoms with E-state index in [9.17, 15) is 4.79 Å². The van der Waals surface area contributed by atoms with Gasteiger partial charge in [0.15, 0.2) is 0 Å². The number of hydrogen-bond acceptors (Lipinski definition) is 2. The van der Waals surface area contributed by atoms with Crippen molar-refractivity contribution in [2.45, 2.75) is 58.0 Å². The molecule has 0 saturated heterocycles. The highest BCUT2D eigenvalue weighted by Gasteiger charge is 2.37. The van der Waals surface area contributed by atoms with Crippen molar-refractivity contribution in [2.24, 2.45) is 5.92 Å². The van der Waals surface area contributed by atoms with Crippen LogP contribution in [0.1, 0.15) is 46.0 Å². The molecular formula is C12H24N2O2. The summed E-state index contributed by atoms with van der Waals surface area (Å²) in [6, 6.07) is 0.467. The summed E-state index contributed by atoms with van der Waals surface area (Å²) in [6.07, 6.45) is 5.10. The van der Waals surface area contributed by atoms with E-state index in [1.165, 1.54) is 12.8 Å². The van der Waals surface area contributed by atoms with Crippen molar-refractivity contribution in [3.63, 3.8) is 0 Å². The molecule has 0 bridgehead atoms. The van der Waals surface area contributed by atoms with Crippen LogP contribution in [0.5, 0.6) is 0 Å². The number of carbonyl (C=O) groups is 1. The summed E-state index contributed by atoms with van der Waals surface area (Å²) in [7, 11) is 0. The molecule has 0 aliphatic heterocycles. The van der Waals surface area contributed by atoms with Gasteiger partial charge >= 0.3 is 6.03 Å². The van der Waals surface area contributed by atoms with Crippen LogP contribution in [0.25, 0.3) is 0 Å². The lowest BCUT2D eigenvalue weighted by Gasteiger charge is -2.13. The molecule has 94 valence electrons. The molecule has 1 rings (SSSR count). The van der Waals surface area contributed by atoms with Gasteiger partial charge in [0.05, 0.1) is 0 Å². The molecule has 1 saturated carbocycles. The summed E-state index contributed by atoms with van der Waals surface area (Å²) in [6.45, 7) is 4.33. The van der Waals surface area contributed by atoms with Gasteiger partial charge in [-0.2, -0.15) is 0 Å². The number of urea groups is 1. The molecule has 3 atom stereocenters. The van der Waals surface area contributed by atoms with Crippen molar-refractivity contribution in [3.05, 3.63) is 0 Å². The largest absolute Gasteiger partial charge is 0.396 e. The Morgan fingerprint density at radius 2 is 2.31 bits per heavy atom. The Labute approximate surface area is 97.8 Å². The molecule has 0 aromatic rings. The van der Waals surface area contributed by atoms with Crippen LogP contribution in [0.4, 0.5) is 4.79 Å². The van der Waals surface area contributed by atoms with Crippen LogP contribution < -0.4 is 10.6 Å². The fraction of sp³-hybridized carbons (Fsp3) is 0.917. The summed E-state index contributed by atoms with van der Waals surface area (Å²) in [4.78, 5) is 11.5. The molecule has 1 aliphatic rings. The van der Waals surface area contributed by atoms with Gasteiger partial charge in [-0.1, -0.05) is 13.3 Å². The van der Waals surface area contributed by atoms with Crippen LogP contribution in [0, 0.1) is 5.92 Å². The molecular weight excluding hydrogens is 204 g/mol. The molecule has 0 spiro atoms. The zero-order valence-corrected chi connectivity index (χ0v) is 10.3. The van der Waals surface area contributed by atoms with Gasteiger partial charge in [0.2, 0.25) is 0 Å². The fourth-order valence-corrected chi connectivity index (χ4v) is 2.02. The molecule has 2 amide bonds. The second-order valence-corrected chi connectivity index (χ2v) is 4.78. The standard InChI is InChI=1S/C12H24N2O2/c1-3-5-10-8-11(10)14-12(16)13-9(2)6-4-7-15/h9-11,15H,3-8H2,1-2H3,(H2,13,14,16). The smallest absolute Gasteiger partial charge is 0.315 e. The van der Waals surface area contributed by atoms with E-state index in [4.69, 9.17) is 5.11 Å². The molecule has 4 nitrogen and oxygen atoms in total. The van der Waals surface area contributed by atoms with Crippen molar-refractivity contribution < 1.29 is 9.90 Å². The molecule has 0 aromatic carbocycles. The molecule has 16 heavy (non-hydrogen) atoms. The van der Waals surface area contributed by atoms with Crippen molar-refractivity contribution >= 4 is 6.03 Å². The van der Waals surface area contributed by atoms with E-state index in [1.807, 2.05) is 6.92 Å². The number of hydrogen-bond donors (Lipinski definition) is 3. The summed E-state index contributed by atoms with van der Waals surface area (Å²) < 4.78 is 0. The Balaban J connectivity index is 2.07. The molecule has 0 aromatic heterocycles. The highest BCUT2D eigenvalue weighted by atomic mass is 16.3. The van der Waals surface area contributed by atoms with E-state index in [0.29, 0.717) is 12.0 Å². The Hall–Kier alpha value is -0.770. The number of amides is 2. The maximum atomic E-state index is 11.5. The van der Waals surface area contributed by atoms with E-state index >= 15 is 0 Å². The van der Waals surface area contributed by atoms with E-state index in [0.717, 1.165) is 19.3 Å². The minimum Gasteiger partial charge on any atom is -0.396 e. The Morgan fingerprint density at radius 1 is 1.56 bits per heavy atom. The van der Waals surface area contributed by atoms with Gasteiger partial charge in [-0.05, 0) is 38.5 Å². The molecule has 1 aliphatic carbocycles. The summed E-state index contributed by atoms with van der Waals surface area (Å²) in [5.74, 6) is 0.698. The highest BCUT2D eigenvalue weighted by molar-refractivity contribution is 5.74. The molecule has 3 N–H and O–H groups in total. The minimum absolute atomic E-state index is 0.0611. The lowest BCUT2D eigenvalue weighted by Crippen LogP contribution is -2.42. The first-order valence-corrected chi connectivity index (χ1v) is 6.35. The normalized spacial score (nSPS) is 24.9. The summed E-state index contributed by atoms with van der Waals surface area (Å²) in [5.41, 5.74) is 0. The zero-order valence-electron chi connectivity index (χ0n) is 10.3. The lowest BCUT2D eigenvalue weighted by atomic mass is 10.2. The van der Waals surface area contributed by atoms with Crippen LogP contribution in [-0.4, -0.2) is 29.8 Å². The van der Waals surface area contributed by atoms with Crippen molar-refractivity contribution in [1.29, 1.82) is 0 Å². The summed E-state index contributed by atoms with van der Waals surface area (Å²) in [5, 5.41) is 14.5. The Bertz CT molecular complexity index is 215. The lowest BCUT2D eigenvalue weighted by molar-refractivity contribution is 0.233. The van der Waals surface area contributed by atoms with Gasteiger partial charge in [0, 0.05) is 18.7 Å². The predicted molar refractivity (Wildman–Crippen MR) is 64.3 cm³/mol. The van der Waals surface area contributed by atoms with E-state index in [2.05, 4.69) is 17.6 Å². The fourth-order valence-electron chi connectivity index (χ4n) is 2.02. The van der Waals surface area contributed by atoms with E-state index in [1.54, 1.807) is 0 Å². The molecule has 3 unspecified atom stereocenters. The van der Waals surface area contributed by atoms with Crippen LogP contribution >= 0.6 is 0 Å². The average Bonchev–Trinajstić information content (AvgIpc) is 2.93. The summed E-state index contributed by atoms with van der Waals surface area (Å²) >= 11 is 0. The molecule has 0 radical (unpaired) electrons. The van der Waals surface area contributed by atoms with Crippen molar-refractivity contribution in [3.8, 4) is 0 Å². The van der Waals surface area contributed by atoms with Crippen LogP contribution in [-0.2, 0) is 0 Å². The third kappa shape index (κ3) is 4.84. The molecule has 4 heteroatoms. The molecule has 0 heterocycles. The van der Waals surface area contributed by atoms with Gasteiger partial charge in [0.25, 0.3) is 0 Å². The van der Waals surface area contributed by atoms with Gasteiger partial charge in [0.1, 0.15) is 0 Å². The Morgan fingerprint density at radius 3 is 2.94 bits per heavy atom. The highest BCUT2D eigenvalue weighted by Crippen LogP contribution is 2.34. The third-order valence-electron chi connectivity index (χ3n) is 3.07. The topological polar surface area (TPSA) is 61.4 Å². The van der Waals surface area contributed by atoms with Crippen molar-refractivity contribution in [1.82, 2.24) is 10.6 Å². The maximum Gasteiger partial charge on any atom is 0.315 e. The first-order valence-electron chi connectivity index (χ1n) is 6.35. The monoisotopic (exact) mass is 228 g/mol. The van der Waals surface area contributed by atoms with Crippen LogP contribution in [0.2, 0.25) is 0 Å². The first-order chi connectivity index (χ1) is 7.67. The average molecular weight is 228 g/mol. The zero-order chi connectivity index (χ0) is 12.0. The third-order valence-corrected chi connectivity index (χ3v) is 3.07.